The summed E-state index contributed by atoms with van der Waals surface area (Å²) >= 11 is 1.57. The molecule has 0 saturated carbocycles. The van der Waals surface area contributed by atoms with Gasteiger partial charge in [-0.2, -0.15) is 0 Å². The Morgan fingerprint density at radius 3 is 2.39 bits per heavy atom. The van der Waals surface area contributed by atoms with Crippen LogP contribution in [0.15, 0.2) is 53.4 Å². The summed E-state index contributed by atoms with van der Waals surface area (Å²) in [5, 5.41) is 2.69. The van der Waals surface area contributed by atoms with Crippen molar-refractivity contribution in [2.45, 2.75) is 25.2 Å². The van der Waals surface area contributed by atoms with E-state index in [0.717, 1.165) is 4.90 Å². The second-order valence-electron chi connectivity index (χ2n) is 5.65. The maximum atomic E-state index is 12.0. The van der Waals surface area contributed by atoms with E-state index < -0.39 is 11.9 Å². The lowest BCUT2D eigenvalue weighted by Crippen LogP contribution is -2.21. The summed E-state index contributed by atoms with van der Waals surface area (Å²) in [5.41, 5.74) is 0.549. The van der Waals surface area contributed by atoms with E-state index >= 15 is 0 Å². The molecule has 2 aromatic carbocycles. The molecule has 6 nitrogen and oxygen atoms in total. The molecular formula is C21H25NO5S. The quantitative estimate of drug-likeness (QED) is 0.449. The molecule has 0 atom stereocenters. The summed E-state index contributed by atoms with van der Waals surface area (Å²) in [4.78, 5) is 24.9. The Kier molecular flexibility index (Phi) is 9.21. The van der Waals surface area contributed by atoms with Crippen LogP contribution in [-0.2, 0) is 14.3 Å². The number of hydrogen-bond donors (Lipinski definition) is 1. The van der Waals surface area contributed by atoms with Crippen LogP contribution < -0.4 is 14.8 Å². The average molecular weight is 404 g/mol. The van der Waals surface area contributed by atoms with Crippen LogP contribution in [0, 0.1) is 0 Å². The second kappa shape index (κ2) is 11.9. The Bertz CT molecular complexity index is 767. The normalized spacial score (nSPS) is 10.2. The summed E-state index contributed by atoms with van der Waals surface area (Å²) in [6.07, 6.45) is 0.240. The Morgan fingerprint density at radius 1 is 0.964 bits per heavy atom. The molecule has 150 valence electrons. The van der Waals surface area contributed by atoms with Gasteiger partial charge in [-0.1, -0.05) is 18.2 Å². The predicted octanol–water partition coefficient (Wildman–Crippen LogP) is 4.15. The fraction of sp³-hybridized carbons (Fsp3) is 0.333. The van der Waals surface area contributed by atoms with Crippen molar-refractivity contribution in [2.75, 3.05) is 30.9 Å². The number of hydrogen-bond acceptors (Lipinski definition) is 6. The first-order valence-corrected chi connectivity index (χ1v) is 10.1. The summed E-state index contributed by atoms with van der Waals surface area (Å²) in [6.45, 7) is 4.43. The molecule has 0 aliphatic heterocycles. The third kappa shape index (κ3) is 7.52. The molecule has 0 spiro atoms. The average Bonchev–Trinajstić information content (AvgIpc) is 2.69. The monoisotopic (exact) mass is 403 g/mol. The van der Waals surface area contributed by atoms with Gasteiger partial charge in [0, 0.05) is 22.4 Å². The van der Waals surface area contributed by atoms with Gasteiger partial charge < -0.3 is 19.5 Å². The number of nitrogens with one attached hydrogen (secondary N) is 1. The minimum atomic E-state index is -0.407. The molecule has 1 amide bonds. The second-order valence-corrected chi connectivity index (χ2v) is 6.82. The van der Waals surface area contributed by atoms with Gasteiger partial charge in [0.1, 0.15) is 0 Å². The van der Waals surface area contributed by atoms with Crippen molar-refractivity contribution in [1.29, 1.82) is 0 Å². The molecule has 0 unspecified atom stereocenters. The molecule has 0 radical (unpaired) electrons. The van der Waals surface area contributed by atoms with Gasteiger partial charge in [0.05, 0.1) is 19.6 Å². The van der Waals surface area contributed by atoms with E-state index in [9.17, 15) is 9.59 Å². The van der Waals surface area contributed by atoms with Crippen molar-refractivity contribution in [3.05, 3.63) is 48.5 Å². The van der Waals surface area contributed by atoms with Crippen LogP contribution in [0.1, 0.15) is 20.3 Å². The third-order valence-corrected chi connectivity index (χ3v) is 4.52. The van der Waals surface area contributed by atoms with Gasteiger partial charge in [0.25, 0.3) is 5.91 Å². The fourth-order valence-electron chi connectivity index (χ4n) is 2.31. The van der Waals surface area contributed by atoms with E-state index in [1.807, 2.05) is 44.2 Å². The molecule has 7 heteroatoms. The van der Waals surface area contributed by atoms with Crippen LogP contribution in [0.3, 0.4) is 0 Å². The van der Waals surface area contributed by atoms with Crippen LogP contribution in [0.4, 0.5) is 5.69 Å². The van der Waals surface area contributed by atoms with Gasteiger partial charge in [-0.3, -0.25) is 9.59 Å². The number of carbonyl (C=O) groups excluding carboxylic acids is 2. The molecule has 0 aliphatic carbocycles. The van der Waals surface area contributed by atoms with Crippen LogP contribution in [0.25, 0.3) is 0 Å². The van der Waals surface area contributed by atoms with Crippen LogP contribution in [-0.4, -0.2) is 37.4 Å². The number of benzene rings is 2. The highest BCUT2D eigenvalue weighted by Gasteiger charge is 2.11. The minimum absolute atomic E-state index is 0.240. The molecule has 0 aromatic heterocycles. The Morgan fingerprint density at radius 2 is 1.68 bits per heavy atom. The zero-order chi connectivity index (χ0) is 20.2. The van der Waals surface area contributed by atoms with E-state index in [0.29, 0.717) is 36.2 Å². The van der Waals surface area contributed by atoms with Gasteiger partial charge in [0.15, 0.2) is 18.1 Å². The van der Waals surface area contributed by atoms with Crippen molar-refractivity contribution < 1.29 is 23.8 Å². The van der Waals surface area contributed by atoms with Crippen molar-refractivity contribution in [3.8, 4) is 11.5 Å². The van der Waals surface area contributed by atoms with E-state index in [2.05, 4.69) is 5.32 Å². The van der Waals surface area contributed by atoms with Crippen molar-refractivity contribution in [3.63, 3.8) is 0 Å². The van der Waals surface area contributed by atoms with Crippen molar-refractivity contribution in [1.82, 2.24) is 0 Å². The van der Waals surface area contributed by atoms with Gasteiger partial charge in [-0.05, 0) is 38.1 Å². The van der Waals surface area contributed by atoms with Crippen LogP contribution in [0.5, 0.6) is 11.5 Å². The van der Waals surface area contributed by atoms with E-state index in [4.69, 9.17) is 14.2 Å². The van der Waals surface area contributed by atoms with Gasteiger partial charge in [-0.15, -0.1) is 11.8 Å². The number of anilines is 1. The molecule has 0 aliphatic rings. The van der Waals surface area contributed by atoms with E-state index in [1.165, 1.54) is 0 Å². The summed E-state index contributed by atoms with van der Waals surface area (Å²) in [6, 6.07) is 14.9. The molecule has 0 saturated heterocycles. The largest absolute Gasteiger partial charge is 0.490 e. The van der Waals surface area contributed by atoms with Gasteiger partial charge >= 0.3 is 5.97 Å². The summed E-state index contributed by atoms with van der Waals surface area (Å²) < 4.78 is 16.0. The van der Waals surface area contributed by atoms with Crippen molar-refractivity contribution >= 4 is 29.3 Å². The Balaban J connectivity index is 1.75. The topological polar surface area (TPSA) is 73.9 Å². The number of esters is 1. The standard InChI is InChI=1S/C21H25NO5S/c1-3-25-18-11-10-16(14-19(18)26-4-2)22-20(23)15-27-21(24)12-13-28-17-8-6-5-7-9-17/h5-11,14H,3-4,12-13,15H2,1-2H3,(H,22,23). The van der Waals surface area contributed by atoms with Crippen LogP contribution in [0.2, 0.25) is 0 Å². The van der Waals surface area contributed by atoms with E-state index in [-0.39, 0.29) is 13.0 Å². The highest BCUT2D eigenvalue weighted by atomic mass is 32.2. The minimum Gasteiger partial charge on any atom is -0.490 e. The number of ether oxygens (including phenoxy) is 3. The van der Waals surface area contributed by atoms with Crippen molar-refractivity contribution in [2.24, 2.45) is 0 Å². The van der Waals surface area contributed by atoms with E-state index in [1.54, 1.807) is 30.0 Å². The first kappa shape index (κ1) is 21.6. The molecule has 1 N–H and O–H groups in total. The first-order chi connectivity index (χ1) is 13.6. The predicted molar refractivity (Wildman–Crippen MR) is 110 cm³/mol. The SMILES string of the molecule is CCOc1ccc(NC(=O)COC(=O)CCSc2ccccc2)cc1OCC. The third-order valence-electron chi connectivity index (χ3n) is 3.51. The van der Waals surface area contributed by atoms with Gasteiger partial charge in [0.2, 0.25) is 0 Å². The maximum Gasteiger partial charge on any atom is 0.307 e. The highest BCUT2D eigenvalue weighted by molar-refractivity contribution is 7.99. The molecule has 0 heterocycles. The molecule has 0 bridgehead atoms. The summed E-state index contributed by atoms with van der Waals surface area (Å²) in [7, 11) is 0. The number of carbonyl (C=O) groups is 2. The number of rotatable bonds is 11. The lowest BCUT2D eigenvalue weighted by Gasteiger charge is -2.13. The molecule has 2 rings (SSSR count). The molecule has 2 aromatic rings. The summed E-state index contributed by atoms with van der Waals surface area (Å²) in [5.74, 6) is 0.957. The smallest absolute Gasteiger partial charge is 0.307 e. The zero-order valence-electron chi connectivity index (χ0n) is 16.1. The zero-order valence-corrected chi connectivity index (χ0v) is 16.9. The Labute approximate surface area is 169 Å². The van der Waals surface area contributed by atoms with Crippen LogP contribution >= 0.6 is 11.8 Å². The maximum absolute atomic E-state index is 12.0. The lowest BCUT2D eigenvalue weighted by molar-refractivity contribution is -0.146. The first-order valence-electron chi connectivity index (χ1n) is 9.15. The molecular weight excluding hydrogens is 378 g/mol. The number of thioether (sulfide) groups is 1. The fourth-order valence-corrected chi connectivity index (χ4v) is 3.17. The lowest BCUT2D eigenvalue weighted by atomic mass is 10.2. The molecule has 0 fully saturated rings. The highest BCUT2D eigenvalue weighted by Crippen LogP contribution is 2.30. The Hall–Kier alpha value is -2.67. The number of amides is 1. The van der Waals surface area contributed by atoms with Gasteiger partial charge in [-0.25, -0.2) is 0 Å². The molecule has 28 heavy (non-hydrogen) atoms.